The molecule has 3 nitrogen and oxygen atoms in total. The lowest BCUT2D eigenvalue weighted by Crippen LogP contribution is -2.52. The van der Waals surface area contributed by atoms with Crippen molar-refractivity contribution in [3.8, 4) is 0 Å². The number of hydrogen-bond acceptors (Lipinski definition) is 2. The maximum atomic E-state index is 13.6. The summed E-state index contributed by atoms with van der Waals surface area (Å²) in [7, 11) is 0. The minimum absolute atomic E-state index is 0.521. The molecule has 0 heterocycles. The summed E-state index contributed by atoms with van der Waals surface area (Å²) >= 11 is 0. The van der Waals surface area contributed by atoms with Gasteiger partial charge in [-0.2, -0.15) is 22.0 Å². The van der Waals surface area contributed by atoms with Crippen molar-refractivity contribution in [3.63, 3.8) is 0 Å². The van der Waals surface area contributed by atoms with Gasteiger partial charge in [-0.05, 0) is 24.6 Å². The van der Waals surface area contributed by atoms with Crippen molar-refractivity contribution in [2.45, 2.75) is 31.1 Å². The van der Waals surface area contributed by atoms with Gasteiger partial charge in [0.25, 0.3) is 0 Å². The minimum atomic E-state index is -5.85. The van der Waals surface area contributed by atoms with E-state index in [9.17, 15) is 31.1 Å². The number of nitrogens with one attached hydrogen (secondary N) is 1. The number of carbonyl (C=O) groups is 1. The summed E-state index contributed by atoms with van der Waals surface area (Å²) < 4.78 is 77.5. The van der Waals surface area contributed by atoms with Crippen LogP contribution in [0.1, 0.15) is 18.5 Å². The van der Waals surface area contributed by atoms with Gasteiger partial charge in [-0.25, -0.2) is 4.39 Å². The Kier molecular flexibility index (Phi) is 4.87. The number of benzene rings is 1. The van der Waals surface area contributed by atoms with Crippen LogP contribution < -0.4 is 11.1 Å². The second-order valence-corrected chi connectivity index (χ2v) is 4.40. The molecule has 1 rings (SSSR count). The van der Waals surface area contributed by atoms with Gasteiger partial charge in [0.05, 0.1) is 6.04 Å². The van der Waals surface area contributed by atoms with E-state index in [1.165, 1.54) is 0 Å². The van der Waals surface area contributed by atoms with Gasteiger partial charge < -0.3 is 5.73 Å². The molecule has 1 aromatic carbocycles. The smallest absolute Gasteiger partial charge is 0.368 e. The third-order valence-electron chi connectivity index (χ3n) is 2.79. The molecule has 0 fully saturated rings. The highest BCUT2D eigenvalue weighted by Crippen LogP contribution is 2.44. The van der Waals surface area contributed by atoms with Crippen molar-refractivity contribution in [2.75, 3.05) is 0 Å². The van der Waals surface area contributed by atoms with E-state index in [-0.39, 0.29) is 0 Å². The van der Waals surface area contributed by atoms with Crippen LogP contribution in [-0.2, 0) is 4.79 Å². The highest BCUT2D eigenvalue weighted by atomic mass is 19.4. The van der Waals surface area contributed by atoms with Gasteiger partial charge in [-0.3, -0.25) is 10.1 Å². The number of amides is 1. The fourth-order valence-electron chi connectivity index (χ4n) is 1.56. The summed E-state index contributed by atoms with van der Waals surface area (Å²) in [6, 6.07) is -0.966. The van der Waals surface area contributed by atoms with E-state index in [0.29, 0.717) is 0 Å². The average Bonchev–Trinajstić information content (AvgIpc) is 2.35. The highest BCUT2D eigenvalue weighted by molar-refractivity contribution is 5.79. The maximum Gasteiger partial charge on any atom is 0.455 e. The zero-order valence-corrected chi connectivity index (χ0v) is 10.7. The number of primary amides is 1. The van der Waals surface area contributed by atoms with E-state index in [1.54, 1.807) is 0 Å². The van der Waals surface area contributed by atoms with Gasteiger partial charge in [-0.15, -0.1) is 0 Å². The van der Waals surface area contributed by atoms with Crippen LogP contribution in [0.3, 0.4) is 0 Å². The topological polar surface area (TPSA) is 55.1 Å². The van der Waals surface area contributed by atoms with Crippen molar-refractivity contribution < 1.29 is 31.1 Å². The van der Waals surface area contributed by atoms with Gasteiger partial charge >= 0.3 is 12.1 Å². The second-order valence-electron chi connectivity index (χ2n) is 4.40. The number of nitrogens with two attached hydrogens (primary N) is 1. The Balaban J connectivity index is 3.23. The fourth-order valence-corrected chi connectivity index (χ4v) is 1.56. The summed E-state index contributed by atoms with van der Waals surface area (Å²) in [5.74, 6) is -7.06. The first-order valence-electron chi connectivity index (χ1n) is 5.72. The van der Waals surface area contributed by atoms with E-state index >= 15 is 0 Å². The zero-order valence-electron chi connectivity index (χ0n) is 10.7. The Bertz CT molecular complexity index is 499. The summed E-state index contributed by atoms with van der Waals surface area (Å²) in [4.78, 5) is 10.9. The van der Waals surface area contributed by atoms with Crippen LogP contribution >= 0.6 is 0 Å². The standard InChI is InChI=1S/C12H12F6N2O/c1-6(10(19)21)20-9(11(14,15)12(16,17)18)7-2-4-8(13)5-3-7/h2-6,9,20H,1H3,(H2,19,21)/t6-,9+/m1/s1. The lowest BCUT2D eigenvalue weighted by Gasteiger charge is -2.31. The highest BCUT2D eigenvalue weighted by Gasteiger charge is 2.63. The summed E-state index contributed by atoms with van der Waals surface area (Å²) in [5, 5.41) is 1.83. The Morgan fingerprint density at radius 3 is 2.00 bits per heavy atom. The van der Waals surface area contributed by atoms with Crippen molar-refractivity contribution in [1.29, 1.82) is 0 Å². The van der Waals surface area contributed by atoms with Crippen molar-refractivity contribution in [3.05, 3.63) is 35.6 Å². The molecule has 9 heteroatoms. The summed E-state index contributed by atoms with van der Waals surface area (Å²) in [5.41, 5.74) is 4.33. The lowest BCUT2D eigenvalue weighted by molar-refractivity contribution is -0.294. The van der Waals surface area contributed by atoms with Crippen LogP contribution in [0.5, 0.6) is 0 Å². The molecular formula is C12H12F6N2O. The summed E-state index contributed by atoms with van der Waals surface area (Å²) in [6.45, 7) is 1.05. The molecule has 0 saturated heterocycles. The zero-order chi connectivity index (χ0) is 16.4. The molecule has 0 aliphatic carbocycles. The molecule has 1 aromatic rings. The van der Waals surface area contributed by atoms with E-state index in [4.69, 9.17) is 5.73 Å². The average molecular weight is 314 g/mol. The van der Waals surface area contributed by atoms with E-state index < -0.39 is 41.5 Å². The van der Waals surface area contributed by atoms with Crippen LogP contribution in [0.4, 0.5) is 26.3 Å². The molecule has 0 radical (unpaired) electrons. The lowest BCUT2D eigenvalue weighted by atomic mass is 9.99. The molecule has 3 N–H and O–H groups in total. The molecule has 0 aliphatic heterocycles. The SMILES string of the molecule is C[C@@H](N[C@@H](c1ccc(F)cc1)C(F)(F)C(F)(F)F)C(N)=O. The van der Waals surface area contributed by atoms with Gasteiger partial charge in [0.15, 0.2) is 0 Å². The molecular weight excluding hydrogens is 302 g/mol. The number of hydrogen-bond donors (Lipinski definition) is 2. The van der Waals surface area contributed by atoms with Crippen LogP contribution in [-0.4, -0.2) is 24.0 Å². The molecule has 0 saturated carbocycles. The Labute approximate surface area is 116 Å². The molecule has 118 valence electrons. The molecule has 0 aromatic heterocycles. The number of alkyl halides is 5. The van der Waals surface area contributed by atoms with Crippen molar-refractivity contribution in [1.82, 2.24) is 5.32 Å². The Morgan fingerprint density at radius 1 is 1.14 bits per heavy atom. The normalized spacial score (nSPS) is 15.6. The van der Waals surface area contributed by atoms with Gasteiger partial charge in [-0.1, -0.05) is 12.1 Å². The molecule has 2 atom stereocenters. The molecule has 0 spiro atoms. The molecule has 1 amide bonds. The van der Waals surface area contributed by atoms with E-state index in [2.05, 4.69) is 0 Å². The fraction of sp³-hybridized carbons (Fsp3) is 0.417. The monoisotopic (exact) mass is 314 g/mol. The van der Waals surface area contributed by atoms with Crippen LogP contribution in [0.2, 0.25) is 0 Å². The molecule has 0 unspecified atom stereocenters. The van der Waals surface area contributed by atoms with Crippen molar-refractivity contribution >= 4 is 5.91 Å². The van der Waals surface area contributed by atoms with Crippen LogP contribution in [0.15, 0.2) is 24.3 Å². The summed E-state index contributed by atoms with van der Waals surface area (Å²) in [6.07, 6.45) is -5.85. The van der Waals surface area contributed by atoms with E-state index in [0.717, 1.165) is 31.2 Å². The number of rotatable bonds is 5. The Morgan fingerprint density at radius 2 is 1.62 bits per heavy atom. The number of halogens is 6. The van der Waals surface area contributed by atoms with Gasteiger partial charge in [0.2, 0.25) is 5.91 Å². The van der Waals surface area contributed by atoms with Gasteiger partial charge in [0, 0.05) is 0 Å². The predicted molar refractivity (Wildman–Crippen MR) is 61.9 cm³/mol. The predicted octanol–water partition coefficient (Wildman–Crippen LogP) is 2.53. The van der Waals surface area contributed by atoms with E-state index in [1.807, 2.05) is 5.32 Å². The third kappa shape index (κ3) is 3.87. The Hall–Kier alpha value is -1.77. The maximum absolute atomic E-state index is 13.6. The molecule has 0 aliphatic rings. The quantitative estimate of drug-likeness (QED) is 0.821. The van der Waals surface area contributed by atoms with Crippen molar-refractivity contribution in [2.24, 2.45) is 5.73 Å². The van der Waals surface area contributed by atoms with Crippen LogP contribution in [0.25, 0.3) is 0 Å². The molecule has 21 heavy (non-hydrogen) atoms. The largest absolute Gasteiger partial charge is 0.455 e. The molecule has 0 bridgehead atoms. The third-order valence-corrected chi connectivity index (χ3v) is 2.79. The van der Waals surface area contributed by atoms with Gasteiger partial charge in [0.1, 0.15) is 11.9 Å². The van der Waals surface area contributed by atoms with Crippen LogP contribution in [0, 0.1) is 5.82 Å². The minimum Gasteiger partial charge on any atom is -0.368 e. The first kappa shape index (κ1) is 17.3. The second kappa shape index (κ2) is 5.92. The number of carbonyl (C=O) groups excluding carboxylic acids is 1. The first-order valence-corrected chi connectivity index (χ1v) is 5.72. The first-order chi connectivity index (χ1) is 9.46.